The van der Waals surface area contributed by atoms with Gasteiger partial charge in [0.1, 0.15) is 18.3 Å². The molecule has 0 heterocycles. The Morgan fingerprint density at radius 3 is 2.50 bits per heavy atom. The van der Waals surface area contributed by atoms with Crippen LogP contribution in [0.2, 0.25) is 0 Å². The van der Waals surface area contributed by atoms with E-state index in [4.69, 9.17) is 4.74 Å². The first-order valence-corrected chi connectivity index (χ1v) is 7.43. The zero-order valence-electron chi connectivity index (χ0n) is 12.7. The van der Waals surface area contributed by atoms with E-state index in [1.165, 1.54) is 0 Å². The van der Waals surface area contributed by atoms with E-state index in [0.717, 1.165) is 18.1 Å². The topological polar surface area (TPSA) is 80.7 Å². The molecule has 0 bridgehead atoms. The molecule has 0 spiro atoms. The number of phenols is 1. The van der Waals surface area contributed by atoms with Crippen LogP contribution < -0.4 is 0 Å². The van der Waals surface area contributed by atoms with E-state index in [0.29, 0.717) is 12.8 Å². The van der Waals surface area contributed by atoms with Gasteiger partial charge < -0.3 is 19.4 Å². The lowest BCUT2D eigenvalue weighted by Crippen LogP contribution is -2.21. The number of esters is 1. The largest absolute Gasteiger partial charge is 0.508 e. The standard InChI is InChI=1S/C17H22O5/c1-2-14(12-19)15(7-9-18)11-17(21)22-10-8-13-3-5-16(20)6-4-13/h3-6,9,12,14-15,20H,2,7-8,10-11H2,1H3/t14-,15?/m0/s1. The van der Waals surface area contributed by atoms with Gasteiger partial charge in [-0.05, 0) is 30.0 Å². The highest BCUT2D eigenvalue weighted by Gasteiger charge is 2.22. The molecular weight excluding hydrogens is 284 g/mol. The highest BCUT2D eigenvalue weighted by molar-refractivity contribution is 5.71. The van der Waals surface area contributed by atoms with Crippen LogP contribution >= 0.6 is 0 Å². The van der Waals surface area contributed by atoms with Gasteiger partial charge in [-0.25, -0.2) is 0 Å². The highest BCUT2D eigenvalue weighted by atomic mass is 16.5. The van der Waals surface area contributed by atoms with Gasteiger partial charge in [-0.2, -0.15) is 0 Å². The Morgan fingerprint density at radius 2 is 1.95 bits per heavy atom. The molecule has 0 aliphatic rings. The van der Waals surface area contributed by atoms with Gasteiger partial charge in [0, 0.05) is 25.2 Å². The molecule has 5 heteroatoms. The molecule has 2 atom stereocenters. The number of hydrogen-bond donors (Lipinski definition) is 1. The minimum atomic E-state index is -0.397. The van der Waals surface area contributed by atoms with E-state index in [1.54, 1.807) is 24.3 Å². The first-order valence-electron chi connectivity index (χ1n) is 7.43. The Labute approximate surface area is 130 Å². The minimum absolute atomic E-state index is 0.0750. The van der Waals surface area contributed by atoms with E-state index in [-0.39, 0.29) is 37.0 Å². The SMILES string of the molecule is CC[C@@H](C=O)C(CC=O)CC(=O)OCCc1ccc(O)cc1. The molecule has 0 aliphatic carbocycles. The molecule has 0 amide bonds. The van der Waals surface area contributed by atoms with Crippen molar-refractivity contribution in [2.75, 3.05) is 6.61 Å². The van der Waals surface area contributed by atoms with Crippen LogP contribution in [0.1, 0.15) is 31.7 Å². The Morgan fingerprint density at radius 1 is 1.27 bits per heavy atom. The predicted octanol–water partition coefficient (Wildman–Crippen LogP) is 2.30. The van der Waals surface area contributed by atoms with Gasteiger partial charge in [0.15, 0.2) is 0 Å². The second kappa shape index (κ2) is 9.71. The molecule has 1 N–H and O–H groups in total. The lowest BCUT2D eigenvalue weighted by atomic mass is 9.86. The summed E-state index contributed by atoms with van der Waals surface area (Å²) < 4.78 is 5.16. The first-order chi connectivity index (χ1) is 10.6. The van der Waals surface area contributed by atoms with Crippen molar-refractivity contribution in [3.8, 4) is 5.75 Å². The number of phenolic OH excluding ortho intramolecular Hbond substituents is 1. The molecule has 5 nitrogen and oxygen atoms in total. The zero-order valence-corrected chi connectivity index (χ0v) is 12.7. The number of carbonyl (C=O) groups is 3. The average molecular weight is 306 g/mol. The molecule has 22 heavy (non-hydrogen) atoms. The van der Waals surface area contributed by atoms with Crippen LogP contribution in [0.3, 0.4) is 0 Å². The first kappa shape index (κ1) is 17.9. The molecular formula is C17H22O5. The average Bonchev–Trinajstić information content (AvgIpc) is 2.50. The van der Waals surface area contributed by atoms with Gasteiger partial charge in [-0.15, -0.1) is 0 Å². The summed E-state index contributed by atoms with van der Waals surface area (Å²) in [5, 5.41) is 9.18. The van der Waals surface area contributed by atoms with Crippen LogP contribution in [0.15, 0.2) is 24.3 Å². The molecule has 1 rings (SSSR count). The quantitative estimate of drug-likeness (QED) is 0.530. The zero-order chi connectivity index (χ0) is 16.4. The van der Waals surface area contributed by atoms with Gasteiger partial charge in [-0.1, -0.05) is 19.1 Å². The van der Waals surface area contributed by atoms with Crippen molar-refractivity contribution in [3.05, 3.63) is 29.8 Å². The molecule has 0 aliphatic heterocycles. The van der Waals surface area contributed by atoms with Crippen molar-refractivity contribution in [3.63, 3.8) is 0 Å². The Hall–Kier alpha value is -2.17. The molecule has 120 valence electrons. The lowest BCUT2D eigenvalue weighted by Gasteiger charge is -2.18. The van der Waals surface area contributed by atoms with Crippen molar-refractivity contribution in [1.29, 1.82) is 0 Å². The smallest absolute Gasteiger partial charge is 0.306 e. The van der Waals surface area contributed by atoms with Crippen LogP contribution in [-0.2, 0) is 25.5 Å². The van der Waals surface area contributed by atoms with E-state index < -0.39 is 5.97 Å². The van der Waals surface area contributed by atoms with Gasteiger partial charge in [0.25, 0.3) is 0 Å². The second-order valence-electron chi connectivity index (χ2n) is 5.21. The second-order valence-corrected chi connectivity index (χ2v) is 5.21. The third-order valence-electron chi connectivity index (χ3n) is 3.67. The number of rotatable bonds is 10. The third kappa shape index (κ3) is 6.08. The van der Waals surface area contributed by atoms with Gasteiger partial charge in [-0.3, -0.25) is 4.79 Å². The minimum Gasteiger partial charge on any atom is -0.508 e. The van der Waals surface area contributed by atoms with Gasteiger partial charge >= 0.3 is 5.97 Å². The monoisotopic (exact) mass is 306 g/mol. The fourth-order valence-electron chi connectivity index (χ4n) is 2.29. The number of aldehydes is 2. The summed E-state index contributed by atoms with van der Waals surface area (Å²) in [5.41, 5.74) is 0.953. The Balaban J connectivity index is 2.41. The van der Waals surface area contributed by atoms with Crippen LogP contribution in [0.5, 0.6) is 5.75 Å². The van der Waals surface area contributed by atoms with Crippen molar-refractivity contribution in [2.24, 2.45) is 11.8 Å². The van der Waals surface area contributed by atoms with Crippen molar-refractivity contribution in [2.45, 2.75) is 32.6 Å². The molecule has 0 aromatic heterocycles. The van der Waals surface area contributed by atoms with Crippen LogP contribution in [0.4, 0.5) is 0 Å². The summed E-state index contributed by atoms with van der Waals surface area (Å²) in [6.07, 6.45) is 2.95. The Kier molecular flexibility index (Phi) is 7.89. The van der Waals surface area contributed by atoms with E-state index in [2.05, 4.69) is 0 Å². The van der Waals surface area contributed by atoms with E-state index in [9.17, 15) is 19.5 Å². The molecule has 0 fully saturated rings. The predicted molar refractivity (Wildman–Crippen MR) is 81.4 cm³/mol. The molecule has 1 aromatic carbocycles. The fourth-order valence-corrected chi connectivity index (χ4v) is 2.29. The maximum absolute atomic E-state index is 11.8. The summed E-state index contributed by atoms with van der Waals surface area (Å²) in [6, 6.07) is 6.68. The van der Waals surface area contributed by atoms with Gasteiger partial charge in [0.2, 0.25) is 0 Å². The van der Waals surface area contributed by atoms with Crippen molar-refractivity contribution < 1.29 is 24.2 Å². The van der Waals surface area contributed by atoms with Crippen LogP contribution in [0, 0.1) is 11.8 Å². The van der Waals surface area contributed by atoms with E-state index >= 15 is 0 Å². The molecule has 0 saturated carbocycles. The number of carbonyl (C=O) groups excluding carboxylic acids is 3. The fraction of sp³-hybridized carbons (Fsp3) is 0.471. The van der Waals surface area contributed by atoms with Crippen molar-refractivity contribution in [1.82, 2.24) is 0 Å². The summed E-state index contributed by atoms with van der Waals surface area (Å²) in [4.78, 5) is 33.5. The maximum Gasteiger partial charge on any atom is 0.306 e. The van der Waals surface area contributed by atoms with E-state index in [1.807, 2.05) is 6.92 Å². The van der Waals surface area contributed by atoms with Crippen molar-refractivity contribution >= 4 is 18.5 Å². The highest BCUT2D eigenvalue weighted by Crippen LogP contribution is 2.21. The number of hydrogen-bond acceptors (Lipinski definition) is 5. The Bertz CT molecular complexity index is 480. The number of benzene rings is 1. The third-order valence-corrected chi connectivity index (χ3v) is 3.67. The maximum atomic E-state index is 11.8. The molecule has 1 unspecified atom stereocenters. The summed E-state index contributed by atoms with van der Waals surface area (Å²) in [6.45, 7) is 2.09. The van der Waals surface area contributed by atoms with Crippen LogP contribution in [-0.4, -0.2) is 30.3 Å². The lowest BCUT2D eigenvalue weighted by molar-refractivity contribution is -0.145. The summed E-state index contributed by atoms with van der Waals surface area (Å²) in [5.74, 6) is -0.793. The summed E-state index contributed by atoms with van der Waals surface area (Å²) in [7, 11) is 0. The van der Waals surface area contributed by atoms with Gasteiger partial charge in [0.05, 0.1) is 6.61 Å². The van der Waals surface area contributed by atoms with Crippen LogP contribution in [0.25, 0.3) is 0 Å². The molecule has 0 saturated heterocycles. The molecule has 0 radical (unpaired) electrons. The number of ether oxygens (including phenoxy) is 1. The summed E-state index contributed by atoms with van der Waals surface area (Å²) >= 11 is 0. The molecule has 1 aromatic rings. The number of aromatic hydroxyl groups is 1. The normalized spacial score (nSPS) is 13.1.